The summed E-state index contributed by atoms with van der Waals surface area (Å²) in [5, 5.41) is 12.6. The molecule has 61 heavy (non-hydrogen) atoms. The first-order chi connectivity index (χ1) is 28.6. The maximum absolute atomic E-state index is 17.2. The number of hydrogen-bond donors (Lipinski definition) is 1. The number of aliphatic hydroxyl groups is 1. The molecule has 0 aliphatic carbocycles. The van der Waals surface area contributed by atoms with E-state index in [4.69, 9.17) is 23.7 Å². The Bertz CT molecular complexity index is 2030. The van der Waals surface area contributed by atoms with Gasteiger partial charge >= 0.3 is 11.9 Å². The second-order valence-corrected chi connectivity index (χ2v) is 18.7. The van der Waals surface area contributed by atoms with Crippen molar-refractivity contribution in [1.82, 2.24) is 14.8 Å². The Morgan fingerprint density at radius 3 is 2.46 bits per heavy atom. The highest BCUT2D eigenvalue weighted by Crippen LogP contribution is 2.56. The average Bonchev–Trinajstić information content (AvgIpc) is 3.68. The summed E-state index contributed by atoms with van der Waals surface area (Å²) in [5.74, 6) is -6.44. The molecule has 4 aliphatic heterocycles. The summed E-state index contributed by atoms with van der Waals surface area (Å²) in [6.45, 7) is 17.1. The number of hydrogen-bond acceptors (Lipinski definition) is 13. The summed E-state index contributed by atoms with van der Waals surface area (Å²) in [4.78, 5) is 66.1. The first kappa shape index (κ1) is 46.6. The minimum Gasteiger partial charge on any atom is -0.455 e. The summed E-state index contributed by atoms with van der Waals surface area (Å²) in [6, 6.07) is 8.44. The number of carbonyl (C=O) groups excluding carboxylic acids is 4. The molecule has 5 heterocycles. The Hall–Kier alpha value is -3.92. The van der Waals surface area contributed by atoms with Gasteiger partial charge in [0.05, 0.1) is 29.9 Å². The van der Waals surface area contributed by atoms with Crippen molar-refractivity contribution >= 4 is 40.5 Å². The zero-order valence-corrected chi connectivity index (χ0v) is 37.3. The van der Waals surface area contributed by atoms with Crippen LogP contribution in [0.15, 0.2) is 55.3 Å². The number of pyridine rings is 1. The number of esters is 2. The maximum Gasteiger partial charge on any atom is 0.351 e. The highest BCUT2D eigenvalue weighted by Gasteiger charge is 2.71. The average molecular weight is 850 g/mol. The van der Waals surface area contributed by atoms with Crippen molar-refractivity contribution in [3.63, 3.8) is 0 Å². The number of fused-ring (bicyclic) bond motifs is 1. The molecule has 1 N–H and O–H groups in total. The normalized spacial score (nSPS) is 40.3. The lowest BCUT2D eigenvalue weighted by molar-refractivity contribution is -0.297. The highest BCUT2D eigenvalue weighted by atomic mass is 19.1. The number of ether oxygens (including phenoxy) is 5. The fourth-order valence-corrected chi connectivity index (χ4v) is 10.8. The van der Waals surface area contributed by atoms with E-state index >= 15 is 9.18 Å². The number of aromatic nitrogens is 1. The molecule has 0 radical (unpaired) electrons. The largest absolute Gasteiger partial charge is 0.455 e. The molecule has 1 aromatic carbocycles. The quantitative estimate of drug-likeness (QED) is 0.182. The lowest BCUT2D eigenvalue weighted by Gasteiger charge is -2.48. The molecule has 0 spiro atoms. The molecule has 0 unspecified atom stereocenters. The van der Waals surface area contributed by atoms with E-state index in [-0.39, 0.29) is 44.4 Å². The molecule has 6 rings (SSSR count). The summed E-state index contributed by atoms with van der Waals surface area (Å²) in [5.41, 5.74) is -5.91. The number of rotatable bonds is 10. The third-order valence-electron chi connectivity index (χ3n) is 13.8. The Kier molecular flexibility index (Phi) is 13.5. The van der Waals surface area contributed by atoms with Crippen LogP contribution in [0.4, 0.5) is 4.39 Å². The predicted molar refractivity (Wildman–Crippen MR) is 227 cm³/mol. The van der Waals surface area contributed by atoms with E-state index in [2.05, 4.69) is 11.6 Å². The molecule has 0 amide bonds. The molecule has 14 atom stereocenters. The highest BCUT2D eigenvalue weighted by molar-refractivity contribution is 6.08. The van der Waals surface area contributed by atoms with Crippen LogP contribution in [0.5, 0.6) is 0 Å². The number of nitrogens with zero attached hydrogens (tertiary/aromatic N) is 3. The van der Waals surface area contributed by atoms with Gasteiger partial charge in [0, 0.05) is 53.9 Å². The first-order valence-corrected chi connectivity index (χ1v) is 21.5. The van der Waals surface area contributed by atoms with Crippen LogP contribution in [0.25, 0.3) is 17.0 Å². The number of ketones is 2. The van der Waals surface area contributed by atoms with Crippen molar-refractivity contribution in [3.8, 4) is 0 Å². The number of Topliss-reactive ketones (excluding diaryl/α,β-unsaturated/α-hetero) is 2. The summed E-state index contributed by atoms with van der Waals surface area (Å²) in [6.07, 6.45) is 2.11. The number of likely N-dealkylation sites (N-methyl/N-ethyl adjacent to an activating group) is 1. The van der Waals surface area contributed by atoms with Gasteiger partial charge in [-0.2, -0.15) is 0 Å². The van der Waals surface area contributed by atoms with E-state index in [0.717, 1.165) is 23.4 Å². The molecule has 4 aliphatic rings. The fourth-order valence-electron chi connectivity index (χ4n) is 10.8. The van der Waals surface area contributed by atoms with Gasteiger partial charge in [-0.25, -0.2) is 9.18 Å². The van der Waals surface area contributed by atoms with Crippen molar-refractivity contribution < 1.29 is 52.4 Å². The minimum absolute atomic E-state index is 0.0421. The molecule has 4 saturated heterocycles. The SMILES string of the molecule is C=CCN1C[C@@]2(C)C(=O)[C@H](C)C[C@](C)(OC/C=C/c3cnc4ccccc4c3)[C@H](O[C@@H]3O[C@H](C)C[C@H](N(C)C)[C@H]3O)[C@@H](C)C(=O)[C@@](C)(F)C(=O)O[C@H](CC)[C@@]3(C)OC(=O)[C@H]1[C@@H]32. The third-order valence-corrected chi connectivity index (χ3v) is 13.8. The number of carbonyl (C=O) groups is 4. The van der Waals surface area contributed by atoms with Gasteiger partial charge in [0.1, 0.15) is 24.0 Å². The molecule has 1 aromatic heterocycles. The van der Waals surface area contributed by atoms with Crippen molar-refractivity contribution in [1.29, 1.82) is 0 Å². The number of aliphatic hydroxyl groups excluding tert-OH is 1. The Balaban J connectivity index is 1.47. The van der Waals surface area contributed by atoms with Crippen molar-refractivity contribution in [2.75, 3.05) is 33.8 Å². The van der Waals surface area contributed by atoms with E-state index in [9.17, 15) is 19.5 Å². The van der Waals surface area contributed by atoms with Crippen molar-refractivity contribution in [3.05, 3.63) is 60.8 Å². The van der Waals surface area contributed by atoms with Crippen LogP contribution in [-0.4, -0.2) is 137 Å². The van der Waals surface area contributed by atoms with Gasteiger partial charge in [0.15, 0.2) is 17.7 Å². The van der Waals surface area contributed by atoms with E-state index in [1.807, 2.05) is 67.2 Å². The molecule has 0 saturated carbocycles. The van der Waals surface area contributed by atoms with Crippen LogP contribution >= 0.6 is 0 Å². The van der Waals surface area contributed by atoms with Crippen LogP contribution in [0.1, 0.15) is 80.2 Å². The van der Waals surface area contributed by atoms with Crippen molar-refractivity contribution in [2.24, 2.45) is 23.2 Å². The minimum atomic E-state index is -3.21. The first-order valence-electron chi connectivity index (χ1n) is 21.5. The Labute approximate surface area is 358 Å². The van der Waals surface area contributed by atoms with E-state index in [1.165, 1.54) is 6.92 Å². The zero-order chi connectivity index (χ0) is 44.8. The molecular weight excluding hydrogens is 786 g/mol. The number of alkyl halides is 1. The van der Waals surface area contributed by atoms with Crippen molar-refractivity contribution in [2.45, 2.75) is 134 Å². The van der Waals surface area contributed by atoms with E-state index in [0.29, 0.717) is 6.42 Å². The topological polar surface area (TPSA) is 154 Å². The number of halogens is 1. The molecular formula is C47H64FN3O10. The van der Waals surface area contributed by atoms with Crippen LogP contribution in [-0.2, 0) is 42.9 Å². The lowest BCUT2D eigenvalue weighted by Crippen LogP contribution is -2.61. The second-order valence-electron chi connectivity index (χ2n) is 18.7. The number of para-hydroxylation sites is 1. The van der Waals surface area contributed by atoms with Gasteiger partial charge in [-0.15, -0.1) is 6.58 Å². The summed E-state index contributed by atoms with van der Waals surface area (Å²) in [7, 11) is 3.66. The van der Waals surface area contributed by atoms with Crippen LogP contribution in [0.2, 0.25) is 0 Å². The molecule has 4 fully saturated rings. The van der Waals surface area contributed by atoms with Gasteiger partial charge in [0.25, 0.3) is 5.67 Å². The van der Waals surface area contributed by atoms with Gasteiger partial charge in [-0.05, 0) is 78.7 Å². The van der Waals surface area contributed by atoms with E-state index in [1.54, 1.807) is 53.0 Å². The maximum atomic E-state index is 17.2. The monoisotopic (exact) mass is 849 g/mol. The zero-order valence-electron chi connectivity index (χ0n) is 37.3. The molecule has 0 bridgehead atoms. The van der Waals surface area contributed by atoms with Crippen LogP contribution < -0.4 is 0 Å². The molecule has 334 valence electrons. The van der Waals surface area contributed by atoms with Gasteiger partial charge in [0.2, 0.25) is 0 Å². The van der Waals surface area contributed by atoms with Gasteiger partial charge < -0.3 is 33.7 Å². The van der Waals surface area contributed by atoms with Crippen LogP contribution in [0.3, 0.4) is 0 Å². The Morgan fingerprint density at radius 1 is 1.08 bits per heavy atom. The summed E-state index contributed by atoms with van der Waals surface area (Å²) >= 11 is 0. The van der Waals surface area contributed by atoms with Gasteiger partial charge in [-0.1, -0.05) is 64.1 Å². The Morgan fingerprint density at radius 2 is 1.79 bits per heavy atom. The smallest absolute Gasteiger partial charge is 0.351 e. The van der Waals surface area contributed by atoms with E-state index < -0.39 is 94.4 Å². The van der Waals surface area contributed by atoms with Crippen LogP contribution in [0, 0.1) is 23.2 Å². The fraction of sp³-hybridized carbons (Fsp3) is 0.638. The van der Waals surface area contributed by atoms with Gasteiger partial charge in [-0.3, -0.25) is 24.3 Å². The molecule has 2 aromatic rings. The predicted octanol–water partition coefficient (Wildman–Crippen LogP) is 5.51. The molecule has 14 heteroatoms. The third kappa shape index (κ3) is 8.60. The lowest BCUT2D eigenvalue weighted by atomic mass is 9.62. The molecule has 13 nitrogen and oxygen atoms in total. The second kappa shape index (κ2) is 17.7. The summed E-state index contributed by atoms with van der Waals surface area (Å²) < 4.78 is 48.9. The number of cyclic esters (lactones) is 1. The number of benzene rings is 1. The number of likely N-dealkylation sites (tertiary alicyclic amines) is 1. The standard InChI is InChI=1S/C47H64FN3O10/c1-12-20-51-26-44(6)37-35(51)41(55)61-47(37,9)34(13-2)59-43(56)46(8,48)39(54)29(5)40(60-42-36(52)33(50(10)11)22-28(4)58-42)45(7,24-27(3)38(44)53)57-21-16-17-30-23-31-18-14-15-19-32(31)49-25-30/h12,14-19,23,25,27-29,33-37,40,42,52H,1,13,20-22,24,26H2,2-11H3/b17-16+/t27-,28-,29+,33+,34-,35-,36-,37-,40-,42+,44-,45+,46-,47-/m1/s1.